The minimum absolute atomic E-state index is 0.0227. The van der Waals surface area contributed by atoms with Gasteiger partial charge in [0, 0.05) is 12.8 Å². The third-order valence-corrected chi connectivity index (χ3v) is 18.7. The maximum Gasteiger partial charge on any atom is 0.305 e. The number of aliphatic hydroxyl groups is 2. The molecule has 496 valence electrons. The van der Waals surface area contributed by atoms with Gasteiger partial charge in [-0.15, -0.1) is 0 Å². The normalized spacial score (nSPS) is 12.4. The molecular weight excluding hydrogens is 1020 g/mol. The van der Waals surface area contributed by atoms with Gasteiger partial charge in [-0.05, 0) is 25.7 Å². The van der Waals surface area contributed by atoms with E-state index in [0.29, 0.717) is 25.9 Å². The van der Waals surface area contributed by atoms with E-state index in [2.05, 4.69) is 19.2 Å². The Morgan fingerprint density at radius 3 is 0.735 bits per heavy atom. The standard InChI is InChI=1S/C77H153NO5/c1-3-5-7-9-11-13-15-17-19-20-21-22-23-30-33-36-39-42-45-49-53-57-61-65-69-75(80)74(73-79)78-76(81)70-66-62-58-54-50-46-43-40-37-34-31-28-26-24-25-27-29-32-35-38-41-44-48-52-56-60-64-68-72-83-77(82)71-67-63-59-55-51-47-18-16-14-12-10-8-6-4-2/h74-75,79-80H,3-73H2,1-2H3,(H,78,81). The Bertz CT molecular complexity index is 1210. The third-order valence-electron chi connectivity index (χ3n) is 18.7. The summed E-state index contributed by atoms with van der Waals surface area (Å²) in [5.41, 5.74) is 0. The Labute approximate surface area is 521 Å². The van der Waals surface area contributed by atoms with Crippen molar-refractivity contribution in [3.8, 4) is 0 Å². The lowest BCUT2D eigenvalue weighted by atomic mass is 10.0. The van der Waals surface area contributed by atoms with Gasteiger partial charge in [0.15, 0.2) is 0 Å². The van der Waals surface area contributed by atoms with Gasteiger partial charge in [0.1, 0.15) is 0 Å². The van der Waals surface area contributed by atoms with Gasteiger partial charge in [0.2, 0.25) is 5.91 Å². The van der Waals surface area contributed by atoms with Gasteiger partial charge in [-0.2, -0.15) is 0 Å². The van der Waals surface area contributed by atoms with Crippen molar-refractivity contribution in [3.05, 3.63) is 0 Å². The van der Waals surface area contributed by atoms with Crippen LogP contribution in [0.2, 0.25) is 0 Å². The molecule has 0 spiro atoms. The van der Waals surface area contributed by atoms with Gasteiger partial charge in [0.05, 0.1) is 25.4 Å². The fourth-order valence-electron chi connectivity index (χ4n) is 12.8. The third kappa shape index (κ3) is 69.8. The number of carbonyl (C=O) groups excluding carboxylic acids is 2. The van der Waals surface area contributed by atoms with Gasteiger partial charge >= 0.3 is 5.97 Å². The summed E-state index contributed by atoms with van der Waals surface area (Å²) in [7, 11) is 0. The maximum atomic E-state index is 12.6. The van der Waals surface area contributed by atoms with Crippen molar-refractivity contribution in [1.29, 1.82) is 0 Å². The van der Waals surface area contributed by atoms with E-state index in [0.717, 1.165) is 38.5 Å². The molecule has 1 amide bonds. The van der Waals surface area contributed by atoms with Crippen LogP contribution >= 0.6 is 0 Å². The molecule has 2 atom stereocenters. The lowest BCUT2D eigenvalue weighted by Gasteiger charge is -2.22. The van der Waals surface area contributed by atoms with Gasteiger partial charge in [-0.1, -0.05) is 418 Å². The van der Waals surface area contributed by atoms with Crippen LogP contribution < -0.4 is 5.32 Å². The number of hydrogen-bond acceptors (Lipinski definition) is 5. The van der Waals surface area contributed by atoms with E-state index in [1.165, 1.54) is 385 Å². The second kappa shape index (κ2) is 73.3. The van der Waals surface area contributed by atoms with Crippen LogP contribution in [0.5, 0.6) is 0 Å². The Hall–Kier alpha value is -1.14. The Morgan fingerprint density at radius 1 is 0.289 bits per heavy atom. The van der Waals surface area contributed by atoms with Gasteiger partial charge in [0.25, 0.3) is 0 Å². The molecular formula is C77H153NO5. The Morgan fingerprint density at radius 2 is 0.494 bits per heavy atom. The van der Waals surface area contributed by atoms with Crippen LogP contribution in [-0.2, 0) is 14.3 Å². The molecule has 3 N–H and O–H groups in total. The molecule has 0 aliphatic heterocycles. The van der Waals surface area contributed by atoms with E-state index in [1.54, 1.807) is 0 Å². The molecule has 6 nitrogen and oxygen atoms in total. The second-order valence-corrected chi connectivity index (χ2v) is 27.1. The molecule has 0 aromatic rings. The quantitative estimate of drug-likeness (QED) is 0.0417. The van der Waals surface area contributed by atoms with Crippen LogP contribution in [-0.4, -0.2) is 47.4 Å². The monoisotopic (exact) mass is 1170 g/mol. The van der Waals surface area contributed by atoms with Gasteiger partial charge < -0.3 is 20.3 Å². The average Bonchev–Trinajstić information content (AvgIpc) is 3.48. The number of aliphatic hydroxyl groups excluding tert-OH is 2. The first kappa shape index (κ1) is 81.9. The first-order valence-corrected chi connectivity index (χ1v) is 38.8. The van der Waals surface area contributed by atoms with Crippen molar-refractivity contribution in [2.75, 3.05) is 13.2 Å². The molecule has 0 aromatic carbocycles. The van der Waals surface area contributed by atoms with Gasteiger partial charge in [-0.25, -0.2) is 0 Å². The van der Waals surface area contributed by atoms with Crippen LogP contribution in [0.15, 0.2) is 0 Å². The summed E-state index contributed by atoms with van der Waals surface area (Å²) >= 11 is 0. The van der Waals surface area contributed by atoms with E-state index in [1.807, 2.05) is 0 Å². The highest BCUT2D eigenvalue weighted by Crippen LogP contribution is 2.20. The number of unbranched alkanes of at least 4 members (excludes halogenated alkanes) is 63. The molecule has 0 bridgehead atoms. The second-order valence-electron chi connectivity index (χ2n) is 27.1. The molecule has 0 radical (unpaired) electrons. The van der Waals surface area contributed by atoms with Crippen LogP contribution in [0, 0.1) is 0 Å². The molecule has 0 aliphatic rings. The molecule has 0 saturated heterocycles. The Balaban J connectivity index is 3.34. The van der Waals surface area contributed by atoms with E-state index in [4.69, 9.17) is 4.74 Å². The van der Waals surface area contributed by atoms with Crippen molar-refractivity contribution in [1.82, 2.24) is 5.32 Å². The first-order chi connectivity index (χ1) is 41.0. The molecule has 0 rings (SSSR count). The van der Waals surface area contributed by atoms with Crippen LogP contribution in [0.25, 0.3) is 0 Å². The summed E-state index contributed by atoms with van der Waals surface area (Å²) in [5, 5.41) is 23.5. The molecule has 0 aliphatic carbocycles. The van der Waals surface area contributed by atoms with Crippen molar-refractivity contribution < 1.29 is 24.5 Å². The highest BCUT2D eigenvalue weighted by molar-refractivity contribution is 5.76. The van der Waals surface area contributed by atoms with Crippen molar-refractivity contribution >= 4 is 11.9 Å². The minimum Gasteiger partial charge on any atom is -0.466 e. The summed E-state index contributed by atoms with van der Waals surface area (Å²) in [4.78, 5) is 24.6. The number of amides is 1. The Kier molecular flexibility index (Phi) is 72.3. The fourth-order valence-corrected chi connectivity index (χ4v) is 12.8. The summed E-state index contributed by atoms with van der Waals surface area (Å²) in [5.74, 6) is -0.00262. The zero-order valence-electron chi connectivity index (χ0n) is 57.0. The topological polar surface area (TPSA) is 95.9 Å². The largest absolute Gasteiger partial charge is 0.466 e. The molecule has 0 aromatic heterocycles. The minimum atomic E-state index is -0.663. The molecule has 0 fully saturated rings. The summed E-state index contributed by atoms with van der Waals surface area (Å²) < 4.78 is 5.50. The number of hydrogen-bond donors (Lipinski definition) is 3. The highest BCUT2D eigenvalue weighted by Gasteiger charge is 2.20. The lowest BCUT2D eigenvalue weighted by Crippen LogP contribution is -2.45. The summed E-state index contributed by atoms with van der Waals surface area (Å²) in [6.07, 6.45) is 90.4. The number of nitrogens with one attached hydrogen (secondary N) is 1. The summed E-state index contributed by atoms with van der Waals surface area (Å²) in [6, 6.07) is -0.539. The number of carbonyl (C=O) groups is 2. The maximum absolute atomic E-state index is 12.6. The van der Waals surface area contributed by atoms with E-state index >= 15 is 0 Å². The molecule has 6 heteroatoms. The zero-order valence-corrected chi connectivity index (χ0v) is 57.0. The van der Waals surface area contributed by atoms with E-state index in [9.17, 15) is 19.8 Å². The molecule has 2 unspecified atom stereocenters. The highest BCUT2D eigenvalue weighted by atomic mass is 16.5. The molecule has 83 heavy (non-hydrogen) atoms. The van der Waals surface area contributed by atoms with Crippen molar-refractivity contribution in [2.45, 2.75) is 469 Å². The van der Waals surface area contributed by atoms with E-state index < -0.39 is 12.1 Å². The number of ether oxygens (including phenoxy) is 1. The fraction of sp³-hybridized carbons (Fsp3) is 0.974. The SMILES string of the molecule is CCCCCCCCCCCCCCCCCCCCCCCCCCC(O)C(CO)NC(=O)CCCCCCCCCCCCCCCCCCCCCCCCCCCCCCOC(=O)CCCCCCCCCCCCCCCC. The predicted octanol–water partition coefficient (Wildman–Crippen LogP) is 25.3. The average molecular weight is 1170 g/mol. The molecule has 0 saturated carbocycles. The summed E-state index contributed by atoms with van der Waals surface area (Å²) in [6.45, 7) is 5.02. The van der Waals surface area contributed by atoms with E-state index in [-0.39, 0.29) is 18.5 Å². The van der Waals surface area contributed by atoms with Crippen molar-refractivity contribution in [2.24, 2.45) is 0 Å². The number of rotatable bonds is 74. The van der Waals surface area contributed by atoms with Gasteiger partial charge in [-0.3, -0.25) is 9.59 Å². The lowest BCUT2D eigenvalue weighted by molar-refractivity contribution is -0.143. The van der Waals surface area contributed by atoms with Crippen molar-refractivity contribution in [3.63, 3.8) is 0 Å². The molecule has 0 heterocycles. The van der Waals surface area contributed by atoms with Crippen LogP contribution in [0.4, 0.5) is 0 Å². The first-order valence-electron chi connectivity index (χ1n) is 38.8. The zero-order chi connectivity index (χ0) is 59.9. The van der Waals surface area contributed by atoms with Crippen LogP contribution in [0.1, 0.15) is 457 Å². The smallest absolute Gasteiger partial charge is 0.305 e. The van der Waals surface area contributed by atoms with Crippen LogP contribution in [0.3, 0.4) is 0 Å². The number of esters is 1. The predicted molar refractivity (Wildman–Crippen MR) is 366 cm³/mol.